The van der Waals surface area contributed by atoms with Crippen molar-refractivity contribution in [1.29, 1.82) is 0 Å². The largest absolute Gasteiger partial charge is 0.493 e. The molecule has 1 aromatic heterocycles. The van der Waals surface area contributed by atoms with Crippen LogP contribution in [0.3, 0.4) is 0 Å². The Hall–Kier alpha value is -2.81. The zero-order chi connectivity index (χ0) is 22.7. The van der Waals surface area contributed by atoms with Gasteiger partial charge in [0.25, 0.3) is 5.91 Å². The number of hydrogen-bond acceptors (Lipinski definition) is 6. The van der Waals surface area contributed by atoms with Gasteiger partial charge in [-0.3, -0.25) is 9.69 Å². The second kappa shape index (κ2) is 9.77. The normalized spacial score (nSPS) is 15.0. The van der Waals surface area contributed by atoms with E-state index in [9.17, 15) is 9.18 Å². The topological polar surface area (TPSA) is 51.9 Å². The van der Waals surface area contributed by atoms with E-state index in [0.29, 0.717) is 37.1 Å². The molecule has 0 radical (unpaired) electrons. The van der Waals surface area contributed by atoms with E-state index in [1.165, 1.54) is 35.9 Å². The fourth-order valence-electron chi connectivity index (χ4n) is 3.05. The van der Waals surface area contributed by atoms with E-state index in [1.54, 1.807) is 48.7 Å². The van der Waals surface area contributed by atoms with E-state index in [2.05, 4.69) is 0 Å². The molecule has 1 aliphatic rings. The monoisotopic (exact) mass is 489 g/mol. The molecule has 0 atom stereocenters. The highest BCUT2D eigenvalue weighted by molar-refractivity contribution is 8.26. The van der Waals surface area contributed by atoms with Gasteiger partial charge in [0.1, 0.15) is 22.5 Å². The molecule has 0 aliphatic carbocycles. The quantitative estimate of drug-likeness (QED) is 0.297. The van der Waals surface area contributed by atoms with Gasteiger partial charge in [-0.25, -0.2) is 4.39 Å². The second-order valence-electron chi connectivity index (χ2n) is 6.80. The molecular weight excluding hydrogens is 473 g/mol. The molecule has 0 bridgehead atoms. The number of carbonyl (C=O) groups excluding carboxylic acids is 1. The fraction of sp³-hybridized carbons (Fsp3) is 0.130. The van der Waals surface area contributed by atoms with Gasteiger partial charge >= 0.3 is 0 Å². The Bertz CT molecular complexity index is 1180. The van der Waals surface area contributed by atoms with Crippen LogP contribution in [0, 0.1) is 5.82 Å². The maximum atomic E-state index is 13.1. The highest BCUT2D eigenvalue weighted by Crippen LogP contribution is 2.39. The van der Waals surface area contributed by atoms with Gasteiger partial charge in [-0.05, 0) is 53.6 Å². The summed E-state index contributed by atoms with van der Waals surface area (Å²) in [6.45, 7) is 0.469. The van der Waals surface area contributed by atoms with Crippen molar-refractivity contribution in [1.82, 2.24) is 4.90 Å². The Kier molecular flexibility index (Phi) is 6.83. The average Bonchev–Trinajstić information content (AvgIpc) is 3.38. The van der Waals surface area contributed by atoms with E-state index < -0.39 is 0 Å². The van der Waals surface area contributed by atoms with Crippen LogP contribution in [-0.2, 0) is 17.9 Å². The zero-order valence-electron chi connectivity index (χ0n) is 16.8. The van der Waals surface area contributed by atoms with Crippen molar-refractivity contribution in [3.05, 3.63) is 87.4 Å². The molecule has 164 valence electrons. The molecule has 2 aromatic carbocycles. The van der Waals surface area contributed by atoms with Crippen LogP contribution in [0.2, 0.25) is 5.02 Å². The number of hydrogen-bond donors (Lipinski definition) is 0. The Labute approximate surface area is 198 Å². The summed E-state index contributed by atoms with van der Waals surface area (Å²) in [6, 6.07) is 13.0. The third-order valence-corrected chi connectivity index (χ3v) is 6.27. The van der Waals surface area contributed by atoms with E-state index in [4.69, 9.17) is 37.7 Å². The number of thiocarbonyl (C=S) groups is 1. The van der Waals surface area contributed by atoms with Crippen LogP contribution in [0.25, 0.3) is 6.08 Å². The van der Waals surface area contributed by atoms with Crippen LogP contribution in [0.1, 0.15) is 16.9 Å². The van der Waals surface area contributed by atoms with Gasteiger partial charge in [0.15, 0.2) is 11.5 Å². The molecule has 1 amide bonds. The van der Waals surface area contributed by atoms with Crippen LogP contribution in [-0.4, -0.2) is 22.2 Å². The molecule has 3 aromatic rings. The Morgan fingerprint density at radius 1 is 1.25 bits per heavy atom. The number of thioether (sulfide) groups is 1. The zero-order valence-corrected chi connectivity index (χ0v) is 19.2. The molecular formula is C23H17ClFNO4S2. The first-order valence-electron chi connectivity index (χ1n) is 9.47. The third kappa shape index (κ3) is 4.98. The molecule has 0 saturated carbocycles. The number of rotatable bonds is 7. The highest BCUT2D eigenvalue weighted by atomic mass is 35.5. The van der Waals surface area contributed by atoms with Crippen LogP contribution in [0.5, 0.6) is 11.5 Å². The second-order valence-corrected chi connectivity index (χ2v) is 8.88. The maximum Gasteiger partial charge on any atom is 0.266 e. The minimum absolute atomic E-state index is 0.196. The van der Waals surface area contributed by atoms with Crippen molar-refractivity contribution in [2.24, 2.45) is 0 Å². The summed E-state index contributed by atoms with van der Waals surface area (Å²) in [6.07, 6.45) is 3.26. The van der Waals surface area contributed by atoms with Crippen molar-refractivity contribution in [3.63, 3.8) is 0 Å². The van der Waals surface area contributed by atoms with E-state index in [-0.39, 0.29) is 24.9 Å². The number of amides is 1. The molecule has 2 heterocycles. The summed E-state index contributed by atoms with van der Waals surface area (Å²) < 4.78 is 30.1. The molecule has 1 saturated heterocycles. The average molecular weight is 490 g/mol. The van der Waals surface area contributed by atoms with Crippen LogP contribution in [0.4, 0.5) is 4.39 Å². The van der Waals surface area contributed by atoms with Crippen LogP contribution in [0.15, 0.2) is 64.1 Å². The summed E-state index contributed by atoms with van der Waals surface area (Å²) >= 11 is 13.0. The number of halogens is 2. The number of nitrogens with zero attached hydrogens (tertiary/aromatic N) is 1. The number of ether oxygens (including phenoxy) is 2. The Morgan fingerprint density at radius 3 is 2.72 bits per heavy atom. The summed E-state index contributed by atoms with van der Waals surface area (Å²) in [5.41, 5.74) is 1.45. The summed E-state index contributed by atoms with van der Waals surface area (Å²) in [7, 11) is 1.50. The minimum atomic E-state index is -0.316. The highest BCUT2D eigenvalue weighted by Gasteiger charge is 2.32. The molecule has 1 aliphatic heterocycles. The van der Waals surface area contributed by atoms with Gasteiger partial charge in [0, 0.05) is 0 Å². The first-order valence-corrected chi connectivity index (χ1v) is 11.1. The molecule has 32 heavy (non-hydrogen) atoms. The van der Waals surface area contributed by atoms with Crippen molar-refractivity contribution in [2.75, 3.05) is 7.11 Å². The smallest absolute Gasteiger partial charge is 0.266 e. The van der Waals surface area contributed by atoms with E-state index in [1.807, 2.05) is 0 Å². The third-order valence-electron chi connectivity index (χ3n) is 4.61. The van der Waals surface area contributed by atoms with Gasteiger partial charge in [0.05, 0.1) is 29.8 Å². The van der Waals surface area contributed by atoms with Gasteiger partial charge in [0.2, 0.25) is 0 Å². The number of benzene rings is 2. The van der Waals surface area contributed by atoms with Gasteiger partial charge in [-0.15, -0.1) is 0 Å². The number of carbonyl (C=O) groups is 1. The fourth-order valence-corrected chi connectivity index (χ4v) is 4.57. The first-order chi connectivity index (χ1) is 15.4. The molecule has 9 heteroatoms. The summed E-state index contributed by atoms with van der Waals surface area (Å²) in [5, 5.41) is 0.323. The standard InChI is InChI=1S/C23H17ClFNO4S2/c1-28-19-10-15(9-18(24)21(19)30-13-14-4-6-16(25)7-5-14)11-20-22(27)26(23(31)32-20)12-17-3-2-8-29-17/h2-11H,12-13H2,1H3. The number of furan rings is 1. The van der Waals surface area contributed by atoms with Crippen molar-refractivity contribution >= 4 is 51.9 Å². The Balaban J connectivity index is 1.53. The van der Waals surface area contributed by atoms with Crippen LogP contribution < -0.4 is 9.47 Å². The van der Waals surface area contributed by atoms with Crippen molar-refractivity contribution in [2.45, 2.75) is 13.2 Å². The Morgan fingerprint density at radius 2 is 2.03 bits per heavy atom. The van der Waals surface area contributed by atoms with Crippen molar-refractivity contribution < 1.29 is 23.1 Å². The SMILES string of the molecule is COc1cc(C=C2SC(=S)N(Cc3ccco3)C2=O)cc(Cl)c1OCc1ccc(F)cc1. The lowest BCUT2D eigenvalue weighted by atomic mass is 10.1. The first kappa shape index (κ1) is 22.4. The lowest BCUT2D eigenvalue weighted by Gasteiger charge is -2.14. The lowest BCUT2D eigenvalue weighted by Crippen LogP contribution is -2.27. The van der Waals surface area contributed by atoms with Gasteiger partial charge in [-0.1, -0.05) is 47.7 Å². The van der Waals surface area contributed by atoms with Gasteiger partial charge in [-0.2, -0.15) is 0 Å². The molecule has 1 fully saturated rings. The summed E-state index contributed by atoms with van der Waals surface area (Å²) in [4.78, 5) is 14.8. The van der Waals surface area contributed by atoms with Crippen molar-refractivity contribution in [3.8, 4) is 11.5 Å². The van der Waals surface area contributed by atoms with E-state index >= 15 is 0 Å². The molecule has 0 N–H and O–H groups in total. The maximum absolute atomic E-state index is 13.1. The summed E-state index contributed by atoms with van der Waals surface area (Å²) in [5.74, 6) is 0.902. The molecule has 0 unspecified atom stereocenters. The van der Waals surface area contributed by atoms with Crippen LogP contribution >= 0.6 is 35.6 Å². The molecule has 0 spiro atoms. The van der Waals surface area contributed by atoms with Gasteiger partial charge < -0.3 is 13.9 Å². The molecule has 4 rings (SSSR count). The predicted molar refractivity (Wildman–Crippen MR) is 126 cm³/mol. The minimum Gasteiger partial charge on any atom is -0.493 e. The lowest BCUT2D eigenvalue weighted by molar-refractivity contribution is -0.122. The number of methoxy groups -OCH3 is 1. The predicted octanol–water partition coefficient (Wildman–Crippen LogP) is 6.06. The van der Waals surface area contributed by atoms with E-state index in [0.717, 1.165) is 5.56 Å². The molecule has 5 nitrogen and oxygen atoms in total.